The number of imidazole rings is 1. The monoisotopic (exact) mass is 609 g/mol. The van der Waals surface area contributed by atoms with Gasteiger partial charge in [-0.1, -0.05) is 69.3 Å². The van der Waals surface area contributed by atoms with Gasteiger partial charge in [0.05, 0.1) is 27.8 Å². The number of para-hydroxylation sites is 1. The maximum Gasteiger partial charge on any atom is 0.146 e. The van der Waals surface area contributed by atoms with Crippen LogP contribution in [0.15, 0.2) is 134 Å². The van der Waals surface area contributed by atoms with E-state index in [1.165, 1.54) is 10.9 Å². The number of aromatic nitrogens is 5. The van der Waals surface area contributed by atoms with E-state index in [0.29, 0.717) is 0 Å². The van der Waals surface area contributed by atoms with Gasteiger partial charge in [0.2, 0.25) is 0 Å². The fourth-order valence-electron chi connectivity index (χ4n) is 6.68. The van der Waals surface area contributed by atoms with Crippen LogP contribution in [0.25, 0.3) is 66.3 Å². The van der Waals surface area contributed by atoms with Crippen LogP contribution in [-0.2, 0) is 5.41 Å². The number of pyridine rings is 3. The summed E-state index contributed by atoms with van der Waals surface area (Å²) in [7, 11) is 0. The van der Waals surface area contributed by atoms with Crippen molar-refractivity contribution in [3.63, 3.8) is 0 Å². The van der Waals surface area contributed by atoms with Crippen molar-refractivity contribution in [3.8, 4) is 28.6 Å². The van der Waals surface area contributed by atoms with E-state index in [4.69, 9.17) is 19.7 Å². The van der Waals surface area contributed by atoms with Crippen LogP contribution in [0.3, 0.4) is 0 Å². The number of rotatable bonds is 4. The third-order valence-electron chi connectivity index (χ3n) is 9.03. The Hall–Kier alpha value is -6.01. The molecule has 0 aliphatic heterocycles. The number of hydrogen-bond donors (Lipinski definition) is 0. The van der Waals surface area contributed by atoms with Gasteiger partial charge in [0.25, 0.3) is 0 Å². The fourth-order valence-corrected chi connectivity index (χ4v) is 6.68. The summed E-state index contributed by atoms with van der Waals surface area (Å²) in [6, 6.07) is 39.6. The first kappa shape index (κ1) is 27.3. The van der Waals surface area contributed by atoms with Gasteiger partial charge in [-0.3, -0.25) is 14.0 Å². The first-order chi connectivity index (χ1) is 22.9. The molecule has 0 aliphatic carbocycles. The maximum absolute atomic E-state index is 6.62. The van der Waals surface area contributed by atoms with Gasteiger partial charge in [-0.05, 0) is 71.6 Å². The highest BCUT2D eigenvalue weighted by Gasteiger charge is 2.19. The molecule has 4 aromatic carbocycles. The summed E-state index contributed by atoms with van der Waals surface area (Å²) >= 11 is 0. The number of hydrogen-bond acceptors (Lipinski definition) is 4. The smallest absolute Gasteiger partial charge is 0.146 e. The molecule has 226 valence electrons. The van der Waals surface area contributed by atoms with Crippen LogP contribution in [-0.4, -0.2) is 23.9 Å². The maximum atomic E-state index is 6.62. The Morgan fingerprint density at radius 3 is 2.19 bits per heavy atom. The molecule has 0 fully saturated rings. The van der Waals surface area contributed by atoms with Crippen molar-refractivity contribution in [2.45, 2.75) is 26.2 Å². The van der Waals surface area contributed by atoms with E-state index >= 15 is 0 Å². The van der Waals surface area contributed by atoms with Crippen LogP contribution in [0.2, 0.25) is 0 Å². The van der Waals surface area contributed by atoms with Crippen molar-refractivity contribution in [2.75, 3.05) is 0 Å². The first-order valence-corrected chi connectivity index (χ1v) is 15.9. The van der Waals surface area contributed by atoms with Crippen molar-refractivity contribution >= 4 is 49.3 Å². The minimum atomic E-state index is 0.00375. The summed E-state index contributed by atoms with van der Waals surface area (Å²) in [6.45, 7) is 6.68. The van der Waals surface area contributed by atoms with Crippen molar-refractivity contribution < 1.29 is 4.74 Å². The van der Waals surface area contributed by atoms with Crippen molar-refractivity contribution in [3.05, 3.63) is 139 Å². The zero-order valence-corrected chi connectivity index (χ0v) is 26.3. The summed E-state index contributed by atoms with van der Waals surface area (Å²) in [5.74, 6) is 2.37. The average molecular weight is 610 g/mol. The molecule has 0 saturated heterocycles. The Morgan fingerprint density at radius 1 is 0.596 bits per heavy atom. The van der Waals surface area contributed by atoms with Crippen molar-refractivity contribution in [1.29, 1.82) is 0 Å². The zero-order chi connectivity index (χ0) is 31.7. The third-order valence-corrected chi connectivity index (χ3v) is 9.03. The Bertz CT molecular complexity index is 2640. The average Bonchev–Trinajstić information content (AvgIpc) is 3.69. The van der Waals surface area contributed by atoms with Gasteiger partial charge in [0.15, 0.2) is 0 Å². The topological polar surface area (TPSA) is 57.2 Å². The highest BCUT2D eigenvalue weighted by Crippen LogP contribution is 2.37. The standard InChI is InChI=1S/C41H31N5O/c1-41(2,3)27-19-21-42-38(22-27)46-35-13-8-7-12-30(35)31-17-15-29(24-37(31)46)47-28-16-18-32-33(23-28)40-44-34(26-10-5-4-6-11-26)25-45(40)36-14-9-20-43-39(32)36/h4-25H,1-3H3. The van der Waals surface area contributed by atoms with E-state index in [1.807, 2.05) is 48.8 Å². The Kier molecular flexibility index (Phi) is 5.96. The van der Waals surface area contributed by atoms with E-state index in [1.54, 1.807) is 0 Å². The molecule has 0 radical (unpaired) electrons. The van der Waals surface area contributed by atoms with Gasteiger partial charge in [0.1, 0.15) is 23.0 Å². The molecule has 9 rings (SSSR count). The second-order valence-corrected chi connectivity index (χ2v) is 13.1. The lowest BCUT2D eigenvalue weighted by Crippen LogP contribution is -2.12. The summed E-state index contributed by atoms with van der Waals surface area (Å²) in [6.07, 6.45) is 5.84. The molecule has 0 unspecified atom stereocenters. The predicted molar refractivity (Wildman–Crippen MR) is 191 cm³/mol. The highest BCUT2D eigenvalue weighted by molar-refractivity contribution is 6.11. The number of benzene rings is 4. The molecule has 6 heteroatoms. The van der Waals surface area contributed by atoms with Crippen LogP contribution in [0.4, 0.5) is 0 Å². The molecule has 0 atom stereocenters. The summed E-state index contributed by atoms with van der Waals surface area (Å²) < 4.78 is 11.0. The molecule has 6 nitrogen and oxygen atoms in total. The molecule has 0 aliphatic rings. The van der Waals surface area contributed by atoms with Crippen LogP contribution >= 0.6 is 0 Å². The highest BCUT2D eigenvalue weighted by atomic mass is 16.5. The van der Waals surface area contributed by atoms with Crippen LogP contribution < -0.4 is 4.74 Å². The lowest BCUT2D eigenvalue weighted by Gasteiger charge is -2.20. The SMILES string of the molecule is CC(C)(C)c1ccnc(-n2c3ccccc3c3ccc(Oc4ccc5c(c4)c4nc(-c6ccccc6)cn4c4cccnc54)cc32)c1. The third kappa shape index (κ3) is 4.44. The number of ether oxygens (including phenoxy) is 1. The summed E-state index contributed by atoms with van der Waals surface area (Å²) in [5.41, 5.74) is 8.18. The fraction of sp³-hybridized carbons (Fsp3) is 0.0976. The predicted octanol–water partition coefficient (Wildman–Crippen LogP) is 10.3. The molecule has 0 bridgehead atoms. The number of fused-ring (bicyclic) bond motifs is 9. The quantitative estimate of drug-likeness (QED) is 0.186. The first-order valence-electron chi connectivity index (χ1n) is 15.9. The second kappa shape index (κ2) is 10.3. The Balaban J connectivity index is 1.20. The number of nitrogens with zero attached hydrogens (tertiary/aromatic N) is 5. The van der Waals surface area contributed by atoms with Gasteiger partial charge in [-0.2, -0.15) is 0 Å². The minimum Gasteiger partial charge on any atom is -0.457 e. The van der Waals surface area contributed by atoms with Crippen LogP contribution in [0.5, 0.6) is 11.5 Å². The molecule has 0 spiro atoms. The van der Waals surface area contributed by atoms with E-state index in [-0.39, 0.29) is 5.41 Å². The van der Waals surface area contributed by atoms with Crippen LogP contribution in [0, 0.1) is 0 Å². The van der Waals surface area contributed by atoms with Gasteiger partial charge in [-0.25, -0.2) is 9.97 Å². The van der Waals surface area contributed by atoms with Crippen molar-refractivity contribution in [1.82, 2.24) is 23.9 Å². The molecule has 5 heterocycles. The molecule has 9 aromatic rings. The van der Waals surface area contributed by atoms with E-state index < -0.39 is 0 Å². The Morgan fingerprint density at radius 2 is 1.34 bits per heavy atom. The molecule has 0 amide bonds. The molecule has 0 saturated carbocycles. The van der Waals surface area contributed by atoms with E-state index in [2.05, 4.69) is 115 Å². The van der Waals surface area contributed by atoms with Gasteiger partial charge < -0.3 is 4.74 Å². The minimum absolute atomic E-state index is 0.00375. The van der Waals surface area contributed by atoms with Gasteiger partial charge in [-0.15, -0.1) is 0 Å². The normalized spacial score (nSPS) is 12.1. The van der Waals surface area contributed by atoms with Crippen molar-refractivity contribution in [2.24, 2.45) is 0 Å². The molecular weight excluding hydrogens is 578 g/mol. The van der Waals surface area contributed by atoms with E-state index in [0.717, 1.165) is 72.4 Å². The lowest BCUT2D eigenvalue weighted by atomic mass is 9.88. The summed E-state index contributed by atoms with van der Waals surface area (Å²) in [4.78, 5) is 14.7. The largest absolute Gasteiger partial charge is 0.457 e. The van der Waals surface area contributed by atoms with E-state index in [9.17, 15) is 0 Å². The second-order valence-electron chi connectivity index (χ2n) is 13.1. The van der Waals surface area contributed by atoms with Gasteiger partial charge >= 0.3 is 0 Å². The lowest BCUT2D eigenvalue weighted by molar-refractivity contribution is 0.484. The van der Waals surface area contributed by atoms with Crippen LogP contribution in [0.1, 0.15) is 26.3 Å². The Labute approximate surface area is 271 Å². The molecule has 0 N–H and O–H groups in total. The molecule has 5 aromatic heterocycles. The molecule has 47 heavy (non-hydrogen) atoms. The summed E-state index contributed by atoms with van der Waals surface area (Å²) in [5, 5.41) is 4.35. The molecular formula is C41H31N5O. The zero-order valence-electron chi connectivity index (χ0n) is 26.3. The van der Waals surface area contributed by atoms with Gasteiger partial charge in [0, 0.05) is 51.8 Å².